The predicted octanol–water partition coefficient (Wildman–Crippen LogP) is 3.14. The molecule has 3 rings (SSSR count). The van der Waals surface area contributed by atoms with Crippen molar-refractivity contribution >= 4 is 17.5 Å². The van der Waals surface area contributed by atoms with E-state index in [1.165, 1.54) is 0 Å². The van der Waals surface area contributed by atoms with Crippen LogP contribution >= 0.6 is 11.6 Å². The zero-order valence-corrected chi connectivity index (χ0v) is 15.4. The summed E-state index contributed by atoms with van der Waals surface area (Å²) in [6.45, 7) is 0.247. The van der Waals surface area contributed by atoms with Gasteiger partial charge < -0.3 is 19.2 Å². The van der Waals surface area contributed by atoms with Crippen LogP contribution in [-0.2, 0) is 11.2 Å². The van der Waals surface area contributed by atoms with Crippen molar-refractivity contribution in [2.24, 2.45) is 0 Å². The highest BCUT2D eigenvalue weighted by Gasteiger charge is 2.10. The van der Waals surface area contributed by atoms with Gasteiger partial charge in [-0.05, 0) is 36.4 Å². The first-order chi connectivity index (χ1) is 13.2. The largest absolute Gasteiger partial charge is 0.493 e. The van der Waals surface area contributed by atoms with Crippen molar-refractivity contribution in [3.8, 4) is 23.0 Å². The summed E-state index contributed by atoms with van der Waals surface area (Å²) < 4.78 is 16.2. The van der Waals surface area contributed by atoms with E-state index < -0.39 is 0 Å². The van der Waals surface area contributed by atoms with E-state index in [9.17, 15) is 4.79 Å². The third-order valence-electron chi connectivity index (χ3n) is 3.65. The number of rotatable bonds is 8. The smallest absolute Gasteiger partial charge is 0.257 e. The van der Waals surface area contributed by atoms with Gasteiger partial charge in [-0.1, -0.05) is 23.7 Å². The number of amides is 1. The Morgan fingerprint density at radius 1 is 1.11 bits per heavy atom. The molecule has 1 heterocycles. The molecular weight excluding hydrogens is 370 g/mol. The Labute approximate surface area is 161 Å². The van der Waals surface area contributed by atoms with Crippen LogP contribution in [0.15, 0.2) is 52.9 Å². The maximum absolute atomic E-state index is 11.9. The van der Waals surface area contributed by atoms with E-state index in [0.29, 0.717) is 41.3 Å². The van der Waals surface area contributed by atoms with Gasteiger partial charge in [0.2, 0.25) is 11.8 Å². The molecule has 1 amide bonds. The molecule has 1 N–H and O–H groups in total. The van der Waals surface area contributed by atoms with E-state index in [1.807, 2.05) is 12.1 Å². The molecule has 3 aromatic rings. The van der Waals surface area contributed by atoms with E-state index in [1.54, 1.807) is 43.5 Å². The highest BCUT2D eigenvalue weighted by atomic mass is 35.5. The van der Waals surface area contributed by atoms with Crippen LogP contribution in [0.5, 0.6) is 11.5 Å². The molecule has 0 fully saturated rings. The lowest BCUT2D eigenvalue weighted by molar-refractivity contribution is -0.123. The molecule has 0 radical (unpaired) electrons. The van der Waals surface area contributed by atoms with Gasteiger partial charge in [-0.2, -0.15) is 0 Å². The van der Waals surface area contributed by atoms with Crippen molar-refractivity contribution < 1.29 is 18.7 Å². The summed E-state index contributed by atoms with van der Waals surface area (Å²) in [7, 11) is 1.55. The minimum absolute atomic E-state index is 0.111. The van der Waals surface area contributed by atoms with Gasteiger partial charge in [0.25, 0.3) is 5.91 Å². The Morgan fingerprint density at radius 2 is 1.85 bits per heavy atom. The van der Waals surface area contributed by atoms with Crippen molar-refractivity contribution in [2.75, 3.05) is 20.3 Å². The van der Waals surface area contributed by atoms with E-state index in [0.717, 1.165) is 5.56 Å². The summed E-state index contributed by atoms with van der Waals surface area (Å²) >= 11 is 5.86. The van der Waals surface area contributed by atoms with Gasteiger partial charge in [0, 0.05) is 23.6 Å². The quantitative estimate of drug-likeness (QED) is 0.639. The topological polar surface area (TPSA) is 86.5 Å². The lowest BCUT2D eigenvalue weighted by Crippen LogP contribution is -2.30. The first kappa shape index (κ1) is 18.7. The Bertz CT molecular complexity index is 896. The Balaban J connectivity index is 1.44. The fraction of sp³-hybridized carbons (Fsp3) is 0.211. The molecule has 0 unspecified atom stereocenters. The summed E-state index contributed by atoms with van der Waals surface area (Å²) in [6.07, 6.45) is 0.418. The minimum Gasteiger partial charge on any atom is -0.493 e. The molecule has 27 heavy (non-hydrogen) atoms. The van der Waals surface area contributed by atoms with Gasteiger partial charge in [0.15, 0.2) is 18.1 Å². The van der Waals surface area contributed by atoms with Crippen molar-refractivity contribution in [3.05, 3.63) is 59.4 Å². The molecule has 2 aromatic carbocycles. The molecule has 0 aliphatic carbocycles. The highest BCUT2D eigenvalue weighted by molar-refractivity contribution is 6.30. The molecule has 0 aliphatic rings. The van der Waals surface area contributed by atoms with Crippen LogP contribution in [0.1, 0.15) is 5.89 Å². The minimum atomic E-state index is -0.252. The normalized spacial score (nSPS) is 10.4. The lowest BCUT2D eigenvalue weighted by Gasteiger charge is -2.10. The number of carbonyl (C=O) groups is 1. The number of nitrogens with zero attached hydrogens (tertiary/aromatic N) is 2. The molecule has 0 bridgehead atoms. The van der Waals surface area contributed by atoms with E-state index >= 15 is 0 Å². The molecular formula is C19H18ClN3O4. The number of methoxy groups -OCH3 is 1. The fourth-order valence-corrected chi connectivity index (χ4v) is 2.43. The lowest BCUT2D eigenvalue weighted by atomic mass is 10.2. The average Bonchev–Trinajstić information content (AvgIpc) is 3.16. The summed E-state index contributed by atoms with van der Waals surface area (Å²) in [4.78, 5) is 11.9. The molecule has 0 saturated heterocycles. The monoisotopic (exact) mass is 387 g/mol. The van der Waals surface area contributed by atoms with Gasteiger partial charge in [-0.3, -0.25) is 4.79 Å². The number of nitrogens with one attached hydrogen (secondary N) is 1. The number of benzene rings is 2. The van der Waals surface area contributed by atoms with Gasteiger partial charge in [0.1, 0.15) is 0 Å². The SMILES string of the molecule is COc1ccccc1OCC(=O)NCCc1nnc(-c2ccc(Cl)cc2)o1. The zero-order chi connectivity index (χ0) is 19.1. The second-order valence-corrected chi connectivity index (χ2v) is 5.98. The molecule has 0 spiro atoms. The third kappa shape index (κ3) is 5.21. The van der Waals surface area contributed by atoms with Crippen molar-refractivity contribution in [1.82, 2.24) is 15.5 Å². The van der Waals surface area contributed by atoms with Crippen LogP contribution < -0.4 is 14.8 Å². The van der Waals surface area contributed by atoms with Crippen LogP contribution in [0, 0.1) is 0 Å². The maximum atomic E-state index is 11.9. The summed E-state index contributed by atoms with van der Waals surface area (Å²) in [5.41, 5.74) is 0.785. The standard InChI is InChI=1S/C19H18ClN3O4/c1-25-15-4-2-3-5-16(15)26-12-17(24)21-11-10-18-22-23-19(27-18)13-6-8-14(20)9-7-13/h2-9H,10-12H2,1H3,(H,21,24). The van der Waals surface area contributed by atoms with E-state index in [4.69, 9.17) is 25.5 Å². The van der Waals surface area contributed by atoms with Gasteiger partial charge in [0.05, 0.1) is 7.11 Å². The molecule has 1 aromatic heterocycles. The molecule has 140 valence electrons. The summed E-state index contributed by atoms with van der Waals surface area (Å²) in [5, 5.41) is 11.4. The fourth-order valence-electron chi connectivity index (χ4n) is 2.30. The number of hydrogen-bond donors (Lipinski definition) is 1. The Hall–Kier alpha value is -3.06. The zero-order valence-electron chi connectivity index (χ0n) is 14.6. The number of aromatic nitrogens is 2. The van der Waals surface area contributed by atoms with E-state index in [2.05, 4.69) is 15.5 Å². The Morgan fingerprint density at radius 3 is 2.59 bits per heavy atom. The molecule has 0 atom stereocenters. The molecule has 7 nitrogen and oxygen atoms in total. The Kier molecular flexibility index (Phi) is 6.27. The van der Waals surface area contributed by atoms with Gasteiger partial charge in [-0.25, -0.2) is 0 Å². The van der Waals surface area contributed by atoms with Crippen LogP contribution in [-0.4, -0.2) is 36.4 Å². The number of halogens is 1. The van der Waals surface area contributed by atoms with Crippen LogP contribution in [0.3, 0.4) is 0 Å². The van der Waals surface area contributed by atoms with Crippen LogP contribution in [0.25, 0.3) is 11.5 Å². The molecule has 0 saturated carbocycles. The van der Waals surface area contributed by atoms with Crippen molar-refractivity contribution in [2.45, 2.75) is 6.42 Å². The second-order valence-electron chi connectivity index (χ2n) is 5.55. The molecule has 8 heteroatoms. The third-order valence-corrected chi connectivity index (χ3v) is 3.90. The number of ether oxygens (including phenoxy) is 2. The van der Waals surface area contributed by atoms with Crippen LogP contribution in [0.2, 0.25) is 5.02 Å². The first-order valence-corrected chi connectivity index (χ1v) is 8.64. The van der Waals surface area contributed by atoms with Gasteiger partial charge in [-0.15, -0.1) is 10.2 Å². The first-order valence-electron chi connectivity index (χ1n) is 8.26. The maximum Gasteiger partial charge on any atom is 0.257 e. The highest BCUT2D eigenvalue weighted by Crippen LogP contribution is 2.25. The van der Waals surface area contributed by atoms with Crippen LogP contribution in [0.4, 0.5) is 0 Å². The van der Waals surface area contributed by atoms with Gasteiger partial charge >= 0.3 is 0 Å². The molecule has 0 aliphatic heterocycles. The number of carbonyl (C=O) groups excluding carboxylic acids is 1. The second kappa shape index (κ2) is 9.05. The average molecular weight is 388 g/mol. The van der Waals surface area contributed by atoms with Crippen molar-refractivity contribution in [3.63, 3.8) is 0 Å². The predicted molar refractivity (Wildman–Crippen MR) is 99.9 cm³/mol. The summed E-state index contributed by atoms with van der Waals surface area (Å²) in [5.74, 6) is 1.68. The summed E-state index contributed by atoms with van der Waals surface area (Å²) in [6, 6.07) is 14.3. The van der Waals surface area contributed by atoms with Crippen molar-refractivity contribution in [1.29, 1.82) is 0 Å². The number of para-hydroxylation sites is 2. The van der Waals surface area contributed by atoms with E-state index in [-0.39, 0.29) is 12.5 Å². The number of hydrogen-bond acceptors (Lipinski definition) is 6.